The zero-order valence-electron chi connectivity index (χ0n) is 7.49. The van der Waals surface area contributed by atoms with Crippen LogP contribution in [0.2, 0.25) is 0 Å². The van der Waals surface area contributed by atoms with Crippen molar-refractivity contribution < 1.29 is 8.91 Å². The molecule has 2 aromatic rings. The van der Waals surface area contributed by atoms with Gasteiger partial charge in [0.05, 0.1) is 0 Å². The molecule has 1 heterocycles. The molecule has 72 valence electrons. The van der Waals surface area contributed by atoms with Crippen LogP contribution in [0.25, 0.3) is 11.4 Å². The first-order valence-corrected chi connectivity index (χ1v) is 4.02. The molecule has 0 amide bonds. The van der Waals surface area contributed by atoms with Gasteiger partial charge in [-0.2, -0.15) is 4.98 Å². The lowest BCUT2D eigenvalue weighted by Gasteiger charge is -1.97. The Bertz CT molecular complexity index is 467. The number of aryl methyl sites for hydroxylation is 1. The van der Waals surface area contributed by atoms with Gasteiger partial charge in [-0.15, -0.1) is 0 Å². The molecule has 0 saturated heterocycles. The summed E-state index contributed by atoms with van der Waals surface area (Å²) in [5.74, 6) is 0.107. The Labute approximate surface area is 79.5 Å². The van der Waals surface area contributed by atoms with E-state index < -0.39 is 0 Å². The second-order valence-electron chi connectivity index (χ2n) is 2.92. The van der Waals surface area contributed by atoms with Crippen molar-refractivity contribution in [2.45, 2.75) is 6.92 Å². The predicted octanol–water partition coefficient (Wildman–Crippen LogP) is 1.77. The van der Waals surface area contributed by atoms with E-state index in [0.717, 1.165) is 0 Å². The lowest BCUT2D eigenvalue weighted by atomic mass is 10.1. The predicted molar refractivity (Wildman–Crippen MR) is 48.8 cm³/mol. The zero-order valence-corrected chi connectivity index (χ0v) is 7.49. The number of hydrogen-bond donors (Lipinski definition) is 1. The third-order valence-corrected chi connectivity index (χ3v) is 1.86. The van der Waals surface area contributed by atoms with Gasteiger partial charge in [0.1, 0.15) is 5.82 Å². The Morgan fingerprint density at radius 2 is 2.21 bits per heavy atom. The van der Waals surface area contributed by atoms with Crippen LogP contribution in [0, 0.1) is 12.7 Å². The number of halogens is 1. The SMILES string of the molecule is Cc1cc(-c2noc(N)n2)ccc1F. The molecule has 1 aromatic carbocycles. The monoisotopic (exact) mass is 193 g/mol. The minimum absolute atomic E-state index is 0.00183. The summed E-state index contributed by atoms with van der Waals surface area (Å²) in [7, 11) is 0. The first kappa shape index (κ1) is 8.68. The van der Waals surface area contributed by atoms with Crippen molar-refractivity contribution in [3.63, 3.8) is 0 Å². The summed E-state index contributed by atoms with van der Waals surface area (Å²) in [5, 5.41) is 3.62. The highest BCUT2D eigenvalue weighted by atomic mass is 19.1. The summed E-state index contributed by atoms with van der Waals surface area (Å²) < 4.78 is 17.5. The Hall–Kier alpha value is -1.91. The summed E-state index contributed by atoms with van der Waals surface area (Å²) in [4.78, 5) is 3.83. The molecule has 0 bridgehead atoms. The second-order valence-corrected chi connectivity index (χ2v) is 2.92. The van der Waals surface area contributed by atoms with E-state index in [4.69, 9.17) is 5.73 Å². The summed E-state index contributed by atoms with van der Waals surface area (Å²) in [6.45, 7) is 1.67. The Kier molecular flexibility index (Phi) is 1.92. The van der Waals surface area contributed by atoms with Gasteiger partial charge in [-0.1, -0.05) is 5.16 Å². The smallest absolute Gasteiger partial charge is 0.319 e. The Morgan fingerprint density at radius 1 is 1.43 bits per heavy atom. The molecule has 4 nitrogen and oxygen atoms in total. The molecule has 2 N–H and O–H groups in total. The van der Waals surface area contributed by atoms with Gasteiger partial charge in [0.25, 0.3) is 0 Å². The quantitative estimate of drug-likeness (QED) is 0.749. The molecular weight excluding hydrogens is 185 g/mol. The maximum Gasteiger partial charge on any atom is 0.319 e. The van der Waals surface area contributed by atoms with Gasteiger partial charge in [-0.05, 0) is 30.7 Å². The molecule has 2 rings (SSSR count). The lowest BCUT2D eigenvalue weighted by Crippen LogP contribution is -1.87. The maximum atomic E-state index is 12.9. The molecular formula is C9H8FN3O. The number of hydrogen-bond acceptors (Lipinski definition) is 4. The van der Waals surface area contributed by atoms with Crippen LogP contribution in [0.3, 0.4) is 0 Å². The fraction of sp³-hybridized carbons (Fsp3) is 0.111. The third kappa shape index (κ3) is 1.44. The van der Waals surface area contributed by atoms with Gasteiger partial charge < -0.3 is 10.3 Å². The third-order valence-electron chi connectivity index (χ3n) is 1.86. The van der Waals surface area contributed by atoms with E-state index in [1.807, 2.05) is 0 Å². The van der Waals surface area contributed by atoms with Gasteiger partial charge in [0, 0.05) is 5.56 Å². The summed E-state index contributed by atoms with van der Waals surface area (Å²) in [6.07, 6.45) is 0. The van der Waals surface area contributed by atoms with Crippen molar-refractivity contribution >= 4 is 6.01 Å². The Morgan fingerprint density at radius 3 is 2.79 bits per heavy atom. The average Bonchev–Trinajstić information content (AvgIpc) is 2.57. The van der Waals surface area contributed by atoms with Crippen molar-refractivity contribution in [2.75, 3.05) is 5.73 Å². The molecule has 14 heavy (non-hydrogen) atoms. The summed E-state index contributed by atoms with van der Waals surface area (Å²) in [6, 6.07) is 4.57. The molecule has 0 aliphatic heterocycles. The molecule has 0 spiro atoms. The van der Waals surface area contributed by atoms with Gasteiger partial charge in [-0.25, -0.2) is 4.39 Å². The topological polar surface area (TPSA) is 64.9 Å². The first-order valence-electron chi connectivity index (χ1n) is 4.02. The normalized spacial score (nSPS) is 10.4. The molecule has 0 aliphatic carbocycles. The highest BCUT2D eigenvalue weighted by Gasteiger charge is 2.07. The number of anilines is 1. The standard InChI is InChI=1S/C9H8FN3O/c1-5-4-6(2-3-7(5)10)8-12-9(11)14-13-8/h2-4H,1H3,(H2,11,12,13). The molecule has 5 heteroatoms. The van der Waals surface area contributed by atoms with E-state index in [0.29, 0.717) is 17.0 Å². The number of rotatable bonds is 1. The number of nitrogens with zero attached hydrogens (tertiary/aromatic N) is 2. The number of benzene rings is 1. The first-order chi connectivity index (χ1) is 6.66. The van der Waals surface area contributed by atoms with Crippen LogP contribution in [0.15, 0.2) is 22.7 Å². The van der Waals surface area contributed by atoms with E-state index in [1.165, 1.54) is 6.07 Å². The molecule has 0 saturated carbocycles. The van der Waals surface area contributed by atoms with Crippen LogP contribution in [-0.4, -0.2) is 10.1 Å². The van der Waals surface area contributed by atoms with Crippen molar-refractivity contribution in [1.29, 1.82) is 0 Å². The molecule has 1 aromatic heterocycles. The highest BCUT2D eigenvalue weighted by Crippen LogP contribution is 2.19. The number of nitrogen functional groups attached to an aromatic ring is 1. The highest BCUT2D eigenvalue weighted by molar-refractivity contribution is 5.56. The molecule has 0 unspecified atom stereocenters. The van der Waals surface area contributed by atoms with Crippen LogP contribution in [-0.2, 0) is 0 Å². The van der Waals surface area contributed by atoms with E-state index in [1.54, 1.807) is 19.1 Å². The van der Waals surface area contributed by atoms with Crippen molar-refractivity contribution in [2.24, 2.45) is 0 Å². The molecule has 0 atom stereocenters. The van der Waals surface area contributed by atoms with Gasteiger partial charge in [0.2, 0.25) is 5.82 Å². The maximum absolute atomic E-state index is 12.9. The fourth-order valence-electron chi connectivity index (χ4n) is 1.14. The van der Waals surface area contributed by atoms with E-state index in [-0.39, 0.29) is 11.8 Å². The zero-order chi connectivity index (χ0) is 10.1. The fourth-order valence-corrected chi connectivity index (χ4v) is 1.14. The average molecular weight is 193 g/mol. The summed E-state index contributed by atoms with van der Waals surface area (Å²) >= 11 is 0. The van der Waals surface area contributed by atoms with Gasteiger partial charge >= 0.3 is 6.01 Å². The van der Waals surface area contributed by atoms with E-state index in [2.05, 4.69) is 14.7 Å². The van der Waals surface area contributed by atoms with Crippen LogP contribution >= 0.6 is 0 Å². The number of nitrogens with two attached hydrogens (primary N) is 1. The second kappa shape index (κ2) is 3.10. The molecule has 0 fully saturated rings. The Balaban J connectivity index is 2.47. The van der Waals surface area contributed by atoms with Crippen molar-refractivity contribution in [3.05, 3.63) is 29.6 Å². The minimum Gasteiger partial charge on any atom is -0.351 e. The largest absolute Gasteiger partial charge is 0.351 e. The molecule has 0 aliphatic rings. The van der Waals surface area contributed by atoms with Gasteiger partial charge in [-0.3, -0.25) is 0 Å². The van der Waals surface area contributed by atoms with Crippen molar-refractivity contribution in [3.8, 4) is 11.4 Å². The summed E-state index contributed by atoms with van der Waals surface area (Å²) in [5.41, 5.74) is 6.49. The van der Waals surface area contributed by atoms with Crippen molar-refractivity contribution in [1.82, 2.24) is 10.1 Å². The van der Waals surface area contributed by atoms with Crippen LogP contribution in [0.1, 0.15) is 5.56 Å². The van der Waals surface area contributed by atoms with E-state index >= 15 is 0 Å². The van der Waals surface area contributed by atoms with Crippen LogP contribution < -0.4 is 5.73 Å². The molecule has 0 radical (unpaired) electrons. The lowest BCUT2D eigenvalue weighted by molar-refractivity contribution is 0.437. The van der Waals surface area contributed by atoms with Crippen LogP contribution in [0.4, 0.5) is 10.4 Å². The minimum atomic E-state index is -0.259. The van der Waals surface area contributed by atoms with Gasteiger partial charge in [0.15, 0.2) is 0 Å². The van der Waals surface area contributed by atoms with E-state index in [9.17, 15) is 4.39 Å². The van der Waals surface area contributed by atoms with Crippen LogP contribution in [0.5, 0.6) is 0 Å². The number of aromatic nitrogens is 2.